The Balaban J connectivity index is 3.41. The van der Waals surface area contributed by atoms with E-state index in [0.29, 0.717) is 17.0 Å². The number of primary amides is 1. The first-order valence-corrected chi connectivity index (χ1v) is 6.53. The van der Waals surface area contributed by atoms with Crippen LogP contribution in [0.4, 0.5) is 0 Å². The summed E-state index contributed by atoms with van der Waals surface area (Å²) >= 11 is 5.86. The van der Waals surface area contributed by atoms with Crippen molar-refractivity contribution < 1.29 is 23.7 Å². The molecule has 1 amide bonds. The van der Waals surface area contributed by atoms with Crippen LogP contribution in [0, 0.1) is 0 Å². The third-order valence-corrected chi connectivity index (χ3v) is 2.82. The first kappa shape index (κ1) is 14.0. The van der Waals surface area contributed by atoms with Crippen LogP contribution in [-0.2, 0) is 11.0 Å². The van der Waals surface area contributed by atoms with Crippen LogP contribution in [-0.4, -0.2) is 15.7 Å². The molecule has 1 rings (SSSR count). The first-order chi connectivity index (χ1) is 7.76. The minimum atomic E-state index is -4.75. The largest absolute Gasteiger partial charge is 0.524 e. The van der Waals surface area contributed by atoms with Crippen molar-refractivity contribution in [3.63, 3.8) is 0 Å². The van der Waals surface area contributed by atoms with Gasteiger partial charge in [-0.25, -0.2) is 4.57 Å². The predicted molar refractivity (Wildman–Crippen MR) is 62.0 cm³/mol. The van der Waals surface area contributed by atoms with Gasteiger partial charge in [-0.3, -0.25) is 14.6 Å². The highest BCUT2D eigenvalue weighted by Gasteiger charge is 2.23. The molecule has 6 nitrogen and oxygen atoms in total. The van der Waals surface area contributed by atoms with Gasteiger partial charge in [0.15, 0.2) is 0 Å². The Morgan fingerprint density at radius 3 is 2.53 bits per heavy atom. The quantitative estimate of drug-likeness (QED) is 0.723. The fourth-order valence-electron chi connectivity index (χ4n) is 1.42. The van der Waals surface area contributed by atoms with Gasteiger partial charge >= 0.3 is 7.82 Å². The molecule has 0 fully saturated rings. The van der Waals surface area contributed by atoms with Crippen LogP contribution in [0.15, 0.2) is 12.1 Å². The molecular formula is C9H11ClNO5P. The molecule has 8 heteroatoms. The highest BCUT2D eigenvalue weighted by Crippen LogP contribution is 2.41. The summed E-state index contributed by atoms with van der Waals surface area (Å²) in [6, 6.07) is 2.58. The van der Waals surface area contributed by atoms with Crippen molar-refractivity contribution in [3.05, 3.63) is 28.3 Å². The number of hydrogen-bond donors (Lipinski definition) is 3. The average Bonchev–Trinajstić information content (AvgIpc) is 2.17. The molecule has 0 spiro atoms. The second kappa shape index (κ2) is 5.06. The summed E-state index contributed by atoms with van der Waals surface area (Å²) in [6.07, 6.45) is 0.384. The highest BCUT2D eigenvalue weighted by molar-refractivity contribution is 7.46. The SMILES string of the molecule is CCc1c(Cl)ccc(OP(=O)(O)O)c1C(N)=O. The number of nitrogens with two attached hydrogens (primary N) is 1. The van der Waals surface area contributed by atoms with Crippen LogP contribution in [0.3, 0.4) is 0 Å². The Bertz CT molecular complexity index is 498. The van der Waals surface area contributed by atoms with Gasteiger partial charge in [0.2, 0.25) is 0 Å². The Morgan fingerprint density at radius 2 is 2.12 bits per heavy atom. The van der Waals surface area contributed by atoms with E-state index in [-0.39, 0.29) is 11.3 Å². The van der Waals surface area contributed by atoms with E-state index in [0.717, 1.165) is 0 Å². The van der Waals surface area contributed by atoms with E-state index in [2.05, 4.69) is 4.52 Å². The Hall–Kier alpha value is -1.07. The molecule has 0 bridgehead atoms. The molecule has 94 valence electrons. The smallest absolute Gasteiger partial charge is 0.403 e. The Morgan fingerprint density at radius 1 is 1.53 bits per heavy atom. The van der Waals surface area contributed by atoms with Crippen molar-refractivity contribution in [2.24, 2.45) is 5.73 Å². The minimum absolute atomic E-state index is 0.108. The van der Waals surface area contributed by atoms with Crippen molar-refractivity contribution in [3.8, 4) is 5.75 Å². The van der Waals surface area contributed by atoms with Gasteiger partial charge < -0.3 is 10.3 Å². The normalized spacial score (nSPS) is 11.3. The lowest BCUT2D eigenvalue weighted by molar-refractivity contribution is 0.0997. The maximum atomic E-state index is 11.3. The number of phosphoric acid groups is 1. The third-order valence-electron chi connectivity index (χ3n) is 2.03. The van der Waals surface area contributed by atoms with Crippen LogP contribution in [0.2, 0.25) is 5.02 Å². The third kappa shape index (κ3) is 3.44. The van der Waals surface area contributed by atoms with Crippen LogP contribution < -0.4 is 10.3 Å². The van der Waals surface area contributed by atoms with Gasteiger partial charge in [0.05, 0.1) is 5.56 Å². The lowest BCUT2D eigenvalue weighted by Gasteiger charge is -2.14. The summed E-state index contributed by atoms with van der Waals surface area (Å²) in [5.41, 5.74) is 5.43. The molecule has 17 heavy (non-hydrogen) atoms. The summed E-state index contributed by atoms with van der Waals surface area (Å²) in [5, 5.41) is 0.291. The van der Waals surface area contributed by atoms with Crippen molar-refractivity contribution in [2.45, 2.75) is 13.3 Å². The Kier molecular flexibility index (Phi) is 4.16. The van der Waals surface area contributed by atoms with E-state index in [9.17, 15) is 9.36 Å². The second-order valence-corrected chi connectivity index (χ2v) is 4.77. The number of carbonyl (C=O) groups is 1. The lowest BCUT2D eigenvalue weighted by Crippen LogP contribution is -2.15. The maximum absolute atomic E-state index is 11.3. The van der Waals surface area contributed by atoms with Gasteiger partial charge in [0.1, 0.15) is 5.75 Å². The number of hydrogen-bond acceptors (Lipinski definition) is 3. The number of rotatable bonds is 4. The van der Waals surface area contributed by atoms with Crippen molar-refractivity contribution >= 4 is 25.3 Å². The summed E-state index contributed by atoms with van der Waals surface area (Å²) in [7, 11) is -4.75. The van der Waals surface area contributed by atoms with Crippen molar-refractivity contribution in [1.82, 2.24) is 0 Å². The lowest BCUT2D eigenvalue weighted by atomic mass is 10.0. The van der Waals surface area contributed by atoms with Gasteiger partial charge in [-0.15, -0.1) is 0 Å². The van der Waals surface area contributed by atoms with E-state index in [4.69, 9.17) is 27.1 Å². The summed E-state index contributed by atoms with van der Waals surface area (Å²) in [5.74, 6) is -1.13. The van der Waals surface area contributed by atoms with E-state index in [1.54, 1.807) is 6.92 Å². The van der Waals surface area contributed by atoms with Gasteiger partial charge in [-0.05, 0) is 24.1 Å². The standard InChI is InChI=1S/C9H11ClNO5P/c1-2-5-6(10)3-4-7(8(5)9(11)12)16-17(13,14)15/h3-4H,2H2,1H3,(H2,11,12)(H2,13,14,15). The van der Waals surface area contributed by atoms with Gasteiger partial charge in [-0.1, -0.05) is 18.5 Å². The number of amides is 1. The molecule has 0 aliphatic heterocycles. The van der Waals surface area contributed by atoms with Gasteiger partial charge in [-0.2, -0.15) is 0 Å². The molecule has 1 aromatic rings. The van der Waals surface area contributed by atoms with E-state index < -0.39 is 13.7 Å². The molecule has 0 aliphatic rings. The molecule has 0 radical (unpaired) electrons. The summed E-state index contributed by atoms with van der Waals surface area (Å²) in [4.78, 5) is 28.7. The number of carbonyl (C=O) groups excluding carboxylic acids is 1. The summed E-state index contributed by atoms with van der Waals surface area (Å²) in [6.45, 7) is 1.73. The fourth-order valence-corrected chi connectivity index (χ4v) is 2.12. The predicted octanol–water partition coefficient (Wildman–Crippen LogP) is 1.47. The molecule has 4 N–H and O–H groups in total. The topological polar surface area (TPSA) is 110 Å². The zero-order valence-electron chi connectivity index (χ0n) is 8.88. The van der Waals surface area contributed by atoms with Crippen molar-refractivity contribution in [2.75, 3.05) is 0 Å². The molecule has 0 unspecified atom stereocenters. The monoisotopic (exact) mass is 279 g/mol. The number of benzene rings is 1. The van der Waals surface area contributed by atoms with E-state index in [1.807, 2.05) is 0 Å². The van der Waals surface area contributed by atoms with Crippen LogP contribution in [0.5, 0.6) is 5.75 Å². The molecule has 0 heterocycles. The zero-order valence-corrected chi connectivity index (χ0v) is 10.5. The molecule has 0 atom stereocenters. The Labute approximate surface area is 103 Å². The molecule has 0 aliphatic carbocycles. The number of halogens is 1. The fraction of sp³-hybridized carbons (Fsp3) is 0.222. The van der Waals surface area contributed by atoms with Crippen LogP contribution >= 0.6 is 19.4 Å². The van der Waals surface area contributed by atoms with Crippen LogP contribution in [0.1, 0.15) is 22.8 Å². The molecule has 1 aromatic carbocycles. The van der Waals surface area contributed by atoms with Crippen molar-refractivity contribution in [1.29, 1.82) is 0 Å². The van der Waals surface area contributed by atoms with Gasteiger partial charge in [0, 0.05) is 5.02 Å². The summed E-state index contributed by atoms with van der Waals surface area (Å²) < 4.78 is 15.1. The molecule has 0 saturated carbocycles. The van der Waals surface area contributed by atoms with Crippen LogP contribution in [0.25, 0.3) is 0 Å². The zero-order chi connectivity index (χ0) is 13.2. The molecular weight excluding hydrogens is 269 g/mol. The number of phosphoric ester groups is 1. The highest BCUT2D eigenvalue weighted by atomic mass is 35.5. The molecule has 0 aromatic heterocycles. The van der Waals surface area contributed by atoms with E-state index >= 15 is 0 Å². The first-order valence-electron chi connectivity index (χ1n) is 4.62. The van der Waals surface area contributed by atoms with Gasteiger partial charge in [0.25, 0.3) is 5.91 Å². The second-order valence-electron chi connectivity index (χ2n) is 3.20. The maximum Gasteiger partial charge on any atom is 0.524 e. The average molecular weight is 280 g/mol. The molecule has 0 saturated heterocycles. The minimum Gasteiger partial charge on any atom is -0.403 e. The van der Waals surface area contributed by atoms with E-state index in [1.165, 1.54) is 12.1 Å².